The molecule has 0 N–H and O–H groups in total. The van der Waals surface area contributed by atoms with Gasteiger partial charge >= 0.3 is 6.61 Å². The number of carbonyl (C=O) groups excluding carboxylic acids is 1. The summed E-state index contributed by atoms with van der Waals surface area (Å²) in [4.78, 5) is 13.7. The van der Waals surface area contributed by atoms with Crippen LogP contribution in [0.15, 0.2) is 83.5 Å². The number of halogens is 4. The molecule has 5 rings (SSSR count). The molecule has 0 saturated heterocycles. The molecule has 0 aromatic heterocycles. The van der Waals surface area contributed by atoms with E-state index < -0.39 is 6.61 Å². The number of hydrazone groups is 1. The van der Waals surface area contributed by atoms with Gasteiger partial charge in [0.05, 0.1) is 11.8 Å². The van der Waals surface area contributed by atoms with Crippen LogP contribution in [0.1, 0.15) is 46.8 Å². The topological polar surface area (TPSA) is 41.9 Å². The number of hydrogen-bond acceptors (Lipinski definition) is 3. The number of allylic oxidation sites excluding steroid dienone is 1. The molecule has 8 heteroatoms. The first kappa shape index (κ1) is 24.5. The molecule has 0 spiro atoms. The summed E-state index contributed by atoms with van der Waals surface area (Å²) >= 11 is 12.2. The summed E-state index contributed by atoms with van der Waals surface area (Å²) in [5.74, 6) is -0.475. The van der Waals surface area contributed by atoms with Gasteiger partial charge in [0.1, 0.15) is 5.75 Å². The maximum Gasteiger partial charge on any atom is 0.387 e. The second-order valence-electron chi connectivity index (χ2n) is 8.76. The third-order valence-corrected chi connectivity index (χ3v) is 6.94. The second-order valence-corrected chi connectivity index (χ2v) is 9.63. The lowest BCUT2D eigenvalue weighted by atomic mass is 9.77. The smallest absolute Gasteiger partial charge is 0.387 e. The Bertz CT molecular complexity index is 1320. The Kier molecular flexibility index (Phi) is 7.08. The molecule has 3 aromatic rings. The fraction of sp³-hybridized carbons (Fsp3) is 0.214. The molecule has 2 unspecified atom stereocenters. The van der Waals surface area contributed by atoms with E-state index in [1.165, 1.54) is 23.2 Å². The summed E-state index contributed by atoms with van der Waals surface area (Å²) in [5, 5.41) is 7.57. The van der Waals surface area contributed by atoms with E-state index in [0.717, 1.165) is 41.7 Å². The molecule has 1 heterocycles. The van der Waals surface area contributed by atoms with Crippen LogP contribution in [0.2, 0.25) is 10.0 Å². The van der Waals surface area contributed by atoms with Crippen LogP contribution < -0.4 is 4.74 Å². The zero-order valence-corrected chi connectivity index (χ0v) is 20.6. The summed E-state index contributed by atoms with van der Waals surface area (Å²) in [7, 11) is 0. The van der Waals surface area contributed by atoms with Crippen molar-refractivity contribution in [3.8, 4) is 5.75 Å². The van der Waals surface area contributed by atoms with Gasteiger partial charge in [-0.3, -0.25) is 4.79 Å². The summed E-state index contributed by atoms with van der Waals surface area (Å²) in [5.41, 5.74) is 4.06. The van der Waals surface area contributed by atoms with Crippen LogP contribution in [-0.4, -0.2) is 23.2 Å². The average Bonchev–Trinajstić information content (AvgIpc) is 3.26. The monoisotopic (exact) mass is 526 g/mol. The highest BCUT2D eigenvalue weighted by Crippen LogP contribution is 2.45. The van der Waals surface area contributed by atoms with Crippen molar-refractivity contribution >= 4 is 40.9 Å². The number of benzene rings is 3. The lowest BCUT2D eigenvalue weighted by molar-refractivity contribution is -0.0499. The van der Waals surface area contributed by atoms with Gasteiger partial charge in [-0.25, -0.2) is 5.01 Å². The molecule has 1 aliphatic carbocycles. The fourth-order valence-corrected chi connectivity index (χ4v) is 5.11. The molecule has 1 aliphatic heterocycles. The first-order valence-corrected chi connectivity index (χ1v) is 12.3. The quantitative estimate of drug-likeness (QED) is 0.337. The van der Waals surface area contributed by atoms with Gasteiger partial charge in [-0.2, -0.15) is 13.9 Å². The molecule has 0 radical (unpaired) electrons. The summed E-state index contributed by atoms with van der Waals surface area (Å²) in [6, 6.07) is 20.4. The molecule has 2 aliphatic rings. The number of nitrogens with zero attached hydrogens (tertiary/aromatic N) is 2. The molecule has 3 aromatic carbocycles. The van der Waals surface area contributed by atoms with Gasteiger partial charge in [0.15, 0.2) is 0 Å². The highest BCUT2D eigenvalue weighted by molar-refractivity contribution is 6.30. The Morgan fingerprint density at radius 2 is 1.72 bits per heavy atom. The van der Waals surface area contributed by atoms with E-state index in [1.807, 2.05) is 36.4 Å². The van der Waals surface area contributed by atoms with Gasteiger partial charge in [0.25, 0.3) is 5.91 Å². The minimum Gasteiger partial charge on any atom is -0.435 e. The summed E-state index contributed by atoms with van der Waals surface area (Å²) in [6.07, 6.45) is 4.74. The lowest BCUT2D eigenvalue weighted by Crippen LogP contribution is -2.31. The van der Waals surface area contributed by atoms with E-state index in [0.29, 0.717) is 10.0 Å². The summed E-state index contributed by atoms with van der Waals surface area (Å²) < 4.78 is 30.0. The van der Waals surface area contributed by atoms with E-state index in [4.69, 9.17) is 28.3 Å². The normalized spacial score (nSPS) is 20.4. The third kappa shape index (κ3) is 5.15. The number of amides is 1. The molecular formula is C28H22Cl2F2N2O2. The van der Waals surface area contributed by atoms with E-state index in [2.05, 4.69) is 10.8 Å². The van der Waals surface area contributed by atoms with E-state index >= 15 is 0 Å². The van der Waals surface area contributed by atoms with Crippen molar-refractivity contribution < 1.29 is 18.3 Å². The maximum absolute atomic E-state index is 13.7. The van der Waals surface area contributed by atoms with Gasteiger partial charge in [0, 0.05) is 21.5 Å². The number of ether oxygens (including phenoxy) is 1. The zero-order valence-electron chi connectivity index (χ0n) is 19.1. The minimum atomic E-state index is -2.98. The highest BCUT2D eigenvalue weighted by atomic mass is 35.5. The molecule has 36 heavy (non-hydrogen) atoms. The van der Waals surface area contributed by atoms with E-state index in [-0.39, 0.29) is 29.2 Å². The first-order chi connectivity index (χ1) is 17.4. The van der Waals surface area contributed by atoms with Gasteiger partial charge in [-0.15, -0.1) is 0 Å². The van der Waals surface area contributed by atoms with E-state index in [1.54, 1.807) is 18.2 Å². The third-order valence-electron chi connectivity index (χ3n) is 6.44. The van der Waals surface area contributed by atoms with Crippen LogP contribution >= 0.6 is 23.2 Å². The van der Waals surface area contributed by atoms with Crippen LogP contribution in [0.4, 0.5) is 8.78 Å². The van der Waals surface area contributed by atoms with Crippen molar-refractivity contribution in [1.82, 2.24) is 5.01 Å². The molecule has 1 fully saturated rings. The predicted octanol–water partition coefficient (Wildman–Crippen LogP) is 8.03. The second kappa shape index (κ2) is 10.4. The van der Waals surface area contributed by atoms with Gasteiger partial charge in [-0.1, -0.05) is 53.5 Å². The van der Waals surface area contributed by atoms with E-state index in [9.17, 15) is 13.6 Å². The van der Waals surface area contributed by atoms with Gasteiger partial charge in [0.2, 0.25) is 0 Å². The standard InChI is InChI=1S/C28H22Cl2F2N2O2/c29-21-11-7-17(8-12-21)15-19-3-2-6-24-25(19)33-34(26(24)18-9-13-22(30)14-10-18)27(35)20-4-1-5-23(16-20)36-28(31)32/h1,4-5,7-16,24,26,28H,2-3,6H2/b19-15+. The van der Waals surface area contributed by atoms with Crippen LogP contribution in [0, 0.1) is 5.92 Å². The van der Waals surface area contributed by atoms with Crippen molar-refractivity contribution in [3.63, 3.8) is 0 Å². The molecule has 4 nitrogen and oxygen atoms in total. The van der Waals surface area contributed by atoms with Gasteiger partial charge < -0.3 is 4.74 Å². The largest absolute Gasteiger partial charge is 0.435 e. The lowest BCUT2D eigenvalue weighted by Gasteiger charge is -2.29. The van der Waals surface area contributed by atoms with Crippen LogP contribution in [-0.2, 0) is 0 Å². The molecule has 1 amide bonds. The van der Waals surface area contributed by atoms with Crippen LogP contribution in [0.3, 0.4) is 0 Å². The number of rotatable bonds is 5. The molecule has 0 bridgehead atoms. The Morgan fingerprint density at radius 1 is 1.03 bits per heavy atom. The number of carbonyl (C=O) groups is 1. The van der Waals surface area contributed by atoms with Crippen molar-refractivity contribution in [2.75, 3.05) is 0 Å². The van der Waals surface area contributed by atoms with Crippen molar-refractivity contribution in [1.29, 1.82) is 0 Å². The zero-order chi connectivity index (χ0) is 25.2. The van der Waals surface area contributed by atoms with Crippen molar-refractivity contribution in [3.05, 3.63) is 105 Å². The molecule has 1 saturated carbocycles. The molecule has 184 valence electrons. The first-order valence-electron chi connectivity index (χ1n) is 11.6. The Morgan fingerprint density at radius 3 is 2.42 bits per heavy atom. The van der Waals surface area contributed by atoms with Crippen molar-refractivity contribution in [2.24, 2.45) is 11.0 Å². The molecule has 2 atom stereocenters. The maximum atomic E-state index is 13.7. The Labute approximate surface area is 217 Å². The molecular weight excluding hydrogens is 505 g/mol. The van der Waals surface area contributed by atoms with Crippen molar-refractivity contribution in [2.45, 2.75) is 31.9 Å². The Balaban J connectivity index is 1.55. The average molecular weight is 527 g/mol. The van der Waals surface area contributed by atoms with Crippen LogP contribution in [0.5, 0.6) is 5.75 Å². The highest BCUT2D eigenvalue weighted by Gasteiger charge is 2.44. The van der Waals surface area contributed by atoms with Gasteiger partial charge in [-0.05, 0) is 84.5 Å². The SMILES string of the molecule is O=C(c1cccc(OC(F)F)c1)N1N=C2/C(=C/c3ccc(Cl)cc3)CCCC2C1c1ccc(Cl)cc1. The Hall–Kier alpha value is -3.22. The summed E-state index contributed by atoms with van der Waals surface area (Å²) in [6.45, 7) is -2.98. The number of fused-ring (bicyclic) bond motifs is 1. The van der Waals surface area contributed by atoms with Crippen LogP contribution in [0.25, 0.3) is 6.08 Å². The number of hydrogen-bond donors (Lipinski definition) is 0. The number of alkyl halides is 2. The fourth-order valence-electron chi connectivity index (χ4n) is 4.86. The predicted molar refractivity (Wildman–Crippen MR) is 138 cm³/mol. The minimum absolute atomic E-state index is 0.0112.